The van der Waals surface area contributed by atoms with E-state index in [0.717, 1.165) is 16.6 Å². The number of amides is 1. The standard InChI is InChI=1S/C16H17N3O3/c1-18-13(9-14(20)19(2)16(18)22)17-15(21)12-8-11(12)10-6-4-3-5-7-10/h3-7,9,11-12H,8H2,1-2H3,(H,17,21)/t11-,12+/m1/s1. The third-order valence-electron chi connectivity index (χ3n) is 4.13. The first kappa shape index (κ1) is 14.3. The maximum absolute atomic E-state index is 12.3. The number of benzene rings is 1. The molecule has 1 N–H and O–H groups in total. The lowest BCUT2D eigenvalue weighted by molar-refractivity contribution is -0.117. The zero-order valence-corrected chi connectivity index (χ0v) is 12.4. The van der Waals surface area contributed by atoms with Crippen molar-refractivity contribution < 1.29 is 4.79 Å². The van der Waals surface area contributed by atoms with Gasteiger partial charge in [-0.2, -0.15) is 0 Å². The van der Waals surface area contributed by atoms with Crippen LogP contribution in [0.5, 0.6) is 0 Å². The van der Waals surface area contributed by atoms with Crippen LogP contribution in [0.3, 0.4) is 0 Å². The molecule has 1 aromatic carbocycles. The van der Waals surface area contributed by atoms with Crippen LogP contribution in [0.2, 0.25) is 0 Å². The molecule has 0 radical (unpaired) electrons. The lowest BCUT2D eigenvalue weighted by Crippen LogP contribution is -2.38. The molecule has 1 aliphatic carbocycles. The average molecular weight is 299 g/mol. The molecule has 6 heteroatoms. The van der Waals surface area contributed by atoms with E-state index in [4.69, 9.17) is 0 Å². The molecule has 0 spiro atoms. The number of carbonyl (C=O) groups excluding carboxylic acids is 1. The smallest absolute Gasteiger partial charge is 0.312 e. The van der Waals surface area contributed by atoms with Gasteiger partial charge in [0.1, 0.15) is 5.82 Å². The van der Waals surface area contributed by atoms with Crippen molar-refractivity contribution in [2.24, 2.45) is 20.0 Å². The SMILES string of the molecule is Cn1c(NC(=O)[C@H]2C[C@@H]2c2ccccc2)cc(=O)n(C)c1=O. The van der Waals surface area contributed by atoms with Gasteiger partial charge in [-0.15, -0.1) is 0 Å². The van der Waals surface area contributed by atoms with Crippen LogP contribution in [0.25, 0.3) is 0 Å². The second-order valence-electron chi connectivity index (χ2n) is 5.62. The molecule has 0 aliphatic heterocycles. The first-order valence-corrected chi connectivity index (χ1v) is 7.12. The topological polar surface area (TPSA) is 73.1 Å². The van der Waals surface area contributed by atoms with Crippen LogP contribution in [0.1, 0.15) is 17.9 Å². The Morgan fingerprint density at radius 1 is 1.14 bits per heavy atom. The highest BCUT2D eigenvalue weighted by Crippen LogP contribution is 2.47. The summed E-state index contributed by atoms with van der Waals surface area (Å²) >= 11 is 0. The molecule has 2 atom stereocenters. The fourth-order valence-corrected chi connectivity index (χ4v) is 2.63. The molecule has 1 aromatic heterocycles. The maximum atomic E-state index is 12.3. The number of carbonyl (C=O) groups is 1. The van der Waals surface area contributed by atoms with Gasteiger partial charge in [-0.25, -0.2) is 4.79 Å². The van der Waals surface area contributed by atoms with Crippen LogP contribution in [-0.2, 0) is 18.9 Å². The first-order valence-electron chi connectivity index (χ1n) is 7.12. The third kappa shape index (κ3) is 2.47. The van der Waals surface area contributed by atoms with E-state index in [1.807, 2.05) is 30.3 Å². The summed E-state index contributed by atoms with van der Waals surface area (Å²) in [6, 6.07) is 11.1. The van der Waals surface area contributed by atoms with E-state index < -0.39 is 11.2 Å². The van der Waals surface area contributed by atoms with E-state index in [9.17, 15) is 14.4 Å². The number of rotatable bonds is 3. The number of anilines is 1. The summed E-state index contributed by atoms with van der Waals surface area (Å²) in [6.45, 7) is 0. The van der Waals surface area contributed by atoms with E-state index >= 15 is 0 Å². The van der Waals surface area contributed by atoms with Gasteiger partial charge in [0.15, 0.2) is 0 Å². The number of nitrogens with zero attached hydrogens (tertiary/aromatic N) is 2. The third-order valence-corrected chi connectivity index (χ3v) is 4.13. The molecule has 0 saturated heterocycles. The molecule has 22 heavy (non-hydrogen) atoms. The van der Waals surface area contributed by atoms with Gasteiger partial charge in [0.25, 0.3) is 5.56 Å². The Hall–Kier alpha value is -2.63. The summed E-state index contributed by atoms with van der Waals surface area (Å²) in [4.78, 5) is 35.8. The molecule has 2 aromatic rings. The Labute approximate surface area is 127 Å². The minimum absolute atomic E-state index is 0.110. The molecule has 114 valence electrons. The Balaban J connectivity index is 1.77. The molecule has 1 amide bonds. The lowest BCUT2D eigenvalue weighted by atomic mass is 10.1. The highest BCUT2D eigenvalue weighted by Gasteiger charge is 2.44. The largest absolute Gasteiger partial charge is 0.332 e. The highest BCUT2D eigenvalue weighted by atomic mass is 16.2. The normalized spacial score (nSPS) is 19.7. The molecule has 3 rings (SSSR count). The molecule has 6 nitrogen and oxygen atoms in total. The van der Waals surface area contributed by atoms with Crippen molar-refractivity contribution in [2.75, 3.05) is 5.32 Å². The van der Waals surface area contributed by atoms with E-state index in [1.54, 1.807) is 0 Å². The van der Waals surface area contributed by atoms with Crippen LogP contribution in [0.4, 0.5) is 5.82 Å². The van der Waals surface area contributed by atoms with E-state index in [0.29, 0.717) is 0 Å². The molecule has 1 fully saturated rings. The minimum atomic E-state index is -0.460. The first-order chi connectivity index (χ1) is 10.5. The summed E-state index contributed by atoms with van der Waals surface area (Å²) in [5.74, 6) is 0.181. The number of aromatic nitrogens is 2. The summed E-state index contributed by atoms with van der Waals surface area (Å²) in [5.41, 5.74) is 0.243. The van der Waals surface area contributed by atoms with Crippen LogP contribution in [0.15, 0.2) is 46.0 Å². The van der Waals surface area contributed by atoms with Crippen LogP contribution in [-0.4, -0.2) is 15.0 Å². The average Bonchev–Trinajstić information content (AvgIpc) is 3.32. The van der Waals surface area contributed by atoms with Gasteiger partial charge < -0.3 is 5.32 Å². The second kappa shape index (κ2) is 5.29. The number of hydrogen-bond donors (Lipinski definition) is 1. The Kier molecular flexibility index (Phi) is 3.44. The summed E-state index contributed by atoms with van der Waals surface area (Å²) in [7, 11) is 2.93. The molecular formula is C16H17N3O3. The second-order valence-corrected chi connectivity index (χ2v) is 5.62. The van der Waals surface area contributed by atoms with Crippen molar-refractivity contribution in [3.8, 4) is 0 Å². The summed E-state index contributed by atoms with van der Waals surface area (Å²) in [5, 5.41) is 2.69. The van der Waals surface area contributed by atoms with Gasteiger partial charge >= 0.3 is 5.69 Å². The molecule has 1 saturated carbocycles. The van der Waals surface area contributed by atoms with Crippen LogP contribution >= 0.6 is 0 Å². The quantitative estimate of drug-likeness (QED) is 0.912. The zero-order chi connectivity index (χ0) is 15.9. The maximum Gasteiger partial charge on any atom is 0.332 e. The number of nitrogens with one attached hydrogen (secondary N) is 1. The highest BCUT2D eigenvalue weighted by molar-refractivity contribution is 5.94. The predicted molar refractivity (Wildman–Crippen MR) is 82.8 cm³/mol. The minimum Gasteiger partial charge on any atom is -0.312 e. The summed E-state index contributed by atoms with van der Waals surface area (Å²) < 4.78 is 2.26. The monoisotopic (exact) mass is 299 g/mol. The molecular weight excluding hydrogens is 282 g/mol. The van der Waals surface area contributed by atoms with Gasteiger partial charge in [0.05, 0.1) is 0 Å². The molecule has 1 aliphatic rings. The van der Waals surface area contributed by atoms with Gasteiger partial charge in [0, 0.05) is 26.1 Å². The fraction of sp³-hybridized carbons (Fsp3) is 0.312. The summed E-state index contributed by atoms with van der Waals surface area (Å²) in [6.07, 6.45) is 0.786. The van der Waals surface area contributed by atoms with Crippen molar-refractivity contribution in [2.45, 2.75) is 12.3 Å². The zero-order valence-electron chi connectivity index (χ0n) is 12.4. The Bertz CT molecular complexity index is 836. The van der Waals surface area contributed by atoms with Crippen molar-refractivity contribution in [1.29, 1.82) is 0 Å². The van der Waals surface area contributed by atoms with Gasteiger partial charge in [-0.05, 0) is 17.9 Å². The van der Waals surface area contributed by atoms with E-state index in [2.05, 4.69) is 5.32 Å². The van der Waals surface area contributed by atoms with Crippen molar-refractivity contribution >= 4 is 11.7 Å². The van der Waals surface area contributed by atoms with Crippen molar-refractivity contribution in [3.63, 3.8) is 0 Å². The Morgan fingerprint density at radius 2 is 1.82 bits per heavy atom. The van der Waals surface area contributed by atoms with Crippen molar-refractivity contribution in [3.05, 3.63) is 62.8 Å². The molecule has 0 unspecified atom stereocenters. The predicted octanol–water partition coefficient (Wildman–Crippen LogP) is 0.826. The van der Waals surface area contributed by atoms with Crippen LogP contribution < -0.4 is 16.6 Å². The van der Waals surface area contributed by atoms with Crippen LogP contribution in [0, 0.1) is 5.92 Å². The van der Waals surface area contributed by atoms with Gasteiger partial charge in [0.2, 0.25) is 5.91 Å². The van der Waals surface area contributed by atoms with Gasteiger partial charge in [-0.1, -0.05) is 30.3 Å². The number of hydrogen-bond acceptors (Lipinski definition) is 3. The van der Waals surface area contributed by atoms with E-state index in [1.165, 1.54) is 24.7 Å². The Morgan fingerprint density at radius 3 is 2.50 bits per heavy atom. The molecule has 1 heterocycles. The van der Waals surface area contributed by atoms with E-state index in [-0.39, 0.29) is 23.6 Å². The van der Waals surface area contributed by atoms with Crippen molar-refractivity contribution in [1.82, 2.24) is 9.13 Å². The fourth-order valence-electron chi connectivity index (χ4n) is 2.63. The lowest BCUT2D eigenvalue weighted by Gasteiger charge is -2.10. The van der Waals surface area contributed by atoms with Gasteiger partial charge in [-0.3, -0.25) is 18.7 Å². The molecule has 0 bridgehead atoms.